The van der Waals surface area contributed by atoms with Crippen LogP contribution in [-0.2, 0) is 6.54 Å². The summed E-state index contributed by atoms with van der Waals surface area (Å²) in [5, 5.41) is 1.01. The summed E-state index contributed by atoms with van der Waals surface area (Å²) >= 11 is 0. The highest BCUT2D eigenvalue weighted by atomic mass is 16.1. The molecule has 2 N–H and O–H groups in total. The zero-order chi connectivity index (χ0) is 16.4. The summed E-state index contributed by atoms with van der Waals surface area (Å²) in [5.41, 5.74) is 4.37. The van der Waals surface area contributed by atoms with Crippen LogP contribution >= 0.6 is 0 Å². The minimum Gasteiger partial charge on any atom is -0.360 e. The van der Waals surface area contributed by atoms with Crippen LogP contribution in [0.5, 0.6) is 0 Å². The van der Waals surface area contributed by atoms with Crippen molar-refractivity contribution in [1.82, 2.24) is 4.98 Å². The molecule has 0 saturated heterocycles. The summed E-state index contributed by atoms with van der Waals surface area (Å²) in [5.74, 6) is 0.188. The van der Waals surface area contributed by atoms with Crippen LogP contribution in [0.25, 0.3) is 10.9 Å². The van der Waals surface area contributed by atoms with Crippen molar-refractivity contribution in [3.8, 4) is 0 Å². The Bertz CT molecular complexity index is 834. The number of rotatable bonds is 5. The molecule has 0 bridgehead atoms. The van der Waals surface area contributed by atoms with Gasteiger partial charge in [0.15, 0.2) is 0 Å². The maximum Gasteiger partial charge on any atom is 0.221 e. The number of aromatic amines is 1. The normalized spacial score (nSPS) is 13.9. The molecular formula is C20H23N2O+. The molecule has 3 nitrogen and oxygen atoms in total. The average Bonchev–Trinajstić information content (AvgIpc) is 2.99. The third-order valence-corrected chi connectivity index (χ3v) is 4.72. The van der Waals surface area contributed by atoms with Gasteiger partial charge >= 0.3 is 0 Å². The highest BCUT2D eigenvalue weighted by molar-refractivity contribution is 6.09. The van der Waals surface area contributed by atoms with Crippen molar-refractivity contribution in [2.75, 3.05) is 7.05 Å². The molecule has 3 aromatic rings. The van der Waals surface area contributed by atoms with E-state index in [0.29, 0.717) is 0 Å². The molecule has 0 aliphatic heterocycles. The molecule has 1 unspecified atom stereocenters. The number of benzene rings is 2. The van der Waals surface area contributed by atoms with Crippen LogP contribution in [0.3, 0.4) is 0 Å². The Labute approximate surface area is 136 Å². The Morgan fingerprint density at radius 3 is 2.61 bits per heavy atom. The summed E-state index contributed by atoms with van der Waals surface area (Å²) in [6.07, 6.45) is 1.84. The lowest BCUT2D eigenvalue weighted by atomic mass is 10.0. The number of carbonyl (C=O) groups is 1. The van der Waals surface area contributed by atoms with Crippen LogP contribution in [0.4, 0.5) is 0 Å². The maximum atomic E-state index is 12.9. The van der Waals surface area contributed by atoms with Crippen molar-refractivity contribution in [2.24, 2.45) is 0 Å². The first-order valence-electron chi connectivity index (χ1n) is 8.05. The number of quaternary nitrogens is 1. The number of para-hydroxylation sites is 1. The lowest BCUT2D eigenvalue weighted by Gasteiger charge is -2.21. The predicted octanol–water partition coefficient (Wildman–Crippen LogP) is 2.76. The second kappa shape index (κ2) is 6.39. The zero-order valence-electron chi connectivity index (χ0n) is 13.9. The predicted molar refractivity (Wildman–Crippen MR) is 93.9 cm³/mol. The van der Waals surface area contributed by atoms with E-state index in [9.17, 15) is 4.79 Å². The van der Waals surface area contributed by atoms with Crippen LogP contribution in [0.15, 0.2) is 54.7 Å². The maximum absolute atomic E-state index is 12.9. The number of fused-ring (bicyclic) bond motifs is 1. The number of aryl methyl sites for hydroxylation is 1. The van der Waals surface area contributed by atoms with Gasteiger partial charge in [-0.3, -0.25) is 4.79 Å². The van der Waals surface area contributed by atoms with E-state index in [1.165, 1.54) is 16.0 Å². The molecule has 0 saturated carbocycles. The standard InChI is InChI=1S/C20H22N2O/c1-14-8-4-5-9-16(14)13-22(3)15(2)20(23)18-12-21-19-11-7-6-10-17(18)19/h4-12,15,21H,13H2,1-3H3/p+1/t15-/m1/s1. The molecule has 0 amide bonds. The van der Waals surface area contributed by atoms with Gasteiger partial charge in [-0.25, -0.2) is 0 Å². The summed E-state index contributed by atoms with van der Waals surface area (Å²) in [7, 11) is 2.09. The van der Waals surface area contributed by atoms with E-state index in [1.807, 2.05) is 37.4 Å². The molecular weight excluding hydrogens is 284 g/mol. The van der Waals surface area contributed by atoms with Crippen LogP contribution in [0.2, 0.25) is 0 Å². The average molecular weight is 307 g/mol. The van der Waals surface area contributed by atoms with E-state index < -0.39 is 0 Å². The Kier molecular flexibility index (Phi) is 4.30. The summed E-state index contributed by atoms with van der Waals surface area (Å²) in [6, 6.07) is 16.2. The van der Waals surface area contributed by atoms with Gasteiger partial charge in [-0.2, -0.15) is 0 Å². The fraction of sp³-hybridized carbons (Fsp3) is 0.250. The van der Waals surface area contributed by atoms with Gasteiger partial charge in [-0.15, -0.1) is 0 Å². The summed E-state index contributed by atoms with van der Waals surface area (Å²) in [4.78, 5) is 17.3. The molecule has 3 heteroatoms. The van der Waals surface area contributed by atoms with E-state index in [-0.39, 0.29) is 11.8 Å². The van der Waals surface area contributed by atoms with Crippen molar-refractivity contribution in [2.45, 2.75) is 26.4 Å². The highest BCUT2D eigenvalue weighted by Crippen LogP contribution is 2.18. The number of ketones is 1. The smallest absolute Gasteiger partial charge is 0.221 e. The molecule has 1 aromatic heterocycles. The van der Waals surface area contributed by atoms with Gasteiger partial charge in [0.2, 0.25) is 5.78 Å². The van der Waals surface area contributed by atoms with Gasteiger partial charge in [0, 0.05) is 28.2 Å². The van der Waals surface area contributed by atoms with Gasteiger partial charge in [-0.1, -0.05) is 42.5 Å². The third-order valence-electron chi connectivity index (χ3n) is 4.72. The Balaban J connectivity index is 1.80. The fourth-order valence-corrected chi connectivity index (χ4v) is 2.99. The molecule has 3 rings (SSSR count). The van der Waals surface area contributed by atoms with E-state index in [2.05, 4.69) is 43.2 Å². The number of hydrogen-bond donors (Lipinski definition) is 2. The molecule has 0 aliphatic carbocycles. The first-order valence-corrected chi connectivity index (χ1v) is 8.05. The largest absolute Gasteiger partial charge is 0.360 e. The Morgan fingerprint density at radius 1 is 1.13 bits per heavy atom. The molecule has 2 aromatic carbocycles. The molecule has 2 atom stereocenters. The molecule has 0 radical (unpaired) electrons. The van der Waals surface area contributed by atoms with Crippen LogP contribution in [0, 0.1) is 6.92 Å². The van der Waals surface area contributed by atoms with Crippen LogP contribution < -0.4 is 4.90 Å². The summed E-state index contributed by atoms with van der Waals surface area (Å²) in [6.45, 7) is 4.98. The molecule has 1 heterocycles. The van der Waals surface area contributed by atoms with E-state index >= 15 is 0 Å². The number of H-pyrrole nitrogens is 1. The van der Waals surface area contributed by atoms with Gasteiger partial charge in [0.25, 0.3) is 0 Å². The fourth-order valence-electron chi connectivity index (χ4n) is 2.99. The molecule has 23 heavy (non-hydrogen) atoms. The number of aromatic nitrogens is 1. The molecule has 0 fully saturated rings. The Morgan fingerprint density at radius 2 is 1.83 bits per heavy atom. The third kappa shape index (κ3) is 3.06. The van der Waals surface area contributed by atoms with E-state index in [1.54, 1.807) is 0 Å². The minimum absolute atomic E-state index is 0.0891. The van der Waals surface area contributed by atoms with Crippen molar-refractivity contribution in [3.05, 3.63) is 71.4 Å². The SMILES string of the molecule is Cc1ccccc1C[NH+](C)[C@H](C)C(=O)c1c[nH]c2ccccc12. The van der Waals surface area contributed by atoms with Crippen molar-refractivity contribution >= 4 is 16.7 Å². The van der Waals surface area contributed by atoms with E-state index in [4.69, 9.17) is 0 Å². The lowest BCUT2D eigenvalue weighted by Crippen LogP contribution is -3.12. The lowest BCUT2D eigenvalue weighted by molar-refractivity contribution is -0.907. The summed E-state index contributed by atoms with van der Waals surface area (Å²) < 4.78 is 0. The van der Waals surface area contributed by atoms with Gasteiger partial charge in [0.05, 0.1) is 7.05 Å². The zero-order valence-corrected chi connectivity index (χ0v) is 13.9. The van der Waals surface area contributed by atoms with Gasteiger partial charge in [-0.05, 0) is 25.5 Å². The second-order valence-electron chi connectivity index (χ2n) is 6.28. The number of hydrogen-bond acceptors (Lipinski definition) is 1. The number of likely N-dealkylation sites (N-methyl/N-ethyl adjacent to an activating group) is 1. The number of carbonyl (C=O) groups excluding carboxylic acids is 1. The monoisotopic (exact) mass is 307 g/mol. The number of nitrogens with one attached hydrogen (secondary N) is 2. The van der Waals surface area contributed by atoms with Gasteiger partial charge in [0.1, 0.15) is 12.6 Å². The molecule has 0 aliphatic rings. The quantitative estimate of drug-likeness (QED) is 0.699. The second-order valence-corrected chi connectivity index (χ2v) is 6.28. The number of Topliss-reactive ketones (excluding diaryl/α,β-unsaturated/α-hetero) is 1. The minimum atomic E-state index is -0.0891. The highest BCUT2D eigenvalue weighted by Gasteiger charge is 2.25. The van der Waals surface area contributed by atoms with Crippen molar-refractivity contribution in [1.29, 1.82) is 0 Å². The van der Waals surface area contributed by atoms with Crippen molar-refractivity contribution < 1.29 is 9.69 Å². The topological polar surface area (TPSA) is 37.3 Å². The van der Waals surface area contributed by atoms with Gasteiger partial charge < -0.3 is 9.88 Å². The van der Waals surface area contributed by atoms with Crippen molar-refractivity contribution in [3.63, 3.8) is 0 Å². The van der Waals surface area contributed by atoms with Crippen LogP contribution in [-0.4, -0.2) is 23.9 Å². The first kappa shape index (κ1) is 15.5. The van der Waals surface area contributed by atoms with Crippen LogP contribution in [0.1, 0.15) is 28.4 Å². The molecule has 0 spiro atoms. The molecule has 118 valence electrons. The van der Waals surface area contributed by atoms with E-state index in [0.717, 1.165) is 23.0 Å². The first-order chi connectivity index (χ1) is 11.1. The Hall–Kier alpha value is -2.39.